The van der Waals surface area contributed by atoms with Crippen LogP contribution in [-0.4, -0.2) is 81.8 Å². The number of rotatable bonds is 5. The van der Waals surface area contributed by atoms with Crippen molar-refractivity contribution in [2.75, 3.05) is 44.3 Å². The number of nitrogens with one attached hydrogen (secondary N) is 1. The summed E-state index contributed by atoms with van der Waals surface area (Å²) in [6, 6.07) is 7.81. The molecule has 4 rings (SSSR count). The van der Waals surface area contributed by atoms with Gasteiger partial charge in [-0.2, -0.15) is 16.9 Å². The molecular formula is C22H27F3N4O3S. The lowest BCUT2D eigenvalue weighted by Crippen LogP contribution is -2.51. The van der Waals surface area contributed by atoms with Crippen molar-refractivity contribution in [2.45, 2.75) is 31.0 Å². The predicted octanol–water partition coefficient (Wildman–Crippen LogP) is 3.59. The molecule has 3 heterocycles. The van der Waals surface area contributed by atoms with Gasteiger partial charge in [0, 0.05) is 68.2 Å². The molecule has 2 aliphatic rings. The Morgan fingerprint density at radius 3 is 2.52 bits per heavy atom. The summed E-state index contributed by atoms with van der Waals surface area (Å²) in [5.41, 5.74) is 2.51. The lowest BCUT2D eigenvalue weighted by Gasteiger charge is -2.40. The van der Waals surface area contributed by atoms with Gasteiger partial charge in [0.1, 0.15) is 5.75 Å². The Hall–Kier alpha value is -2.40. The average Bonchev–Trinajstić information content (AvgIpc) is 3.27. The number of piperidine rings is 1. The van der Waals surface area contributed by atoms with Crippen molar-refractivity contribution in [1.29, 1.82) is 0 Å². The molecule has 180 valence electrons. The van der Waals surface area contributed by atoms with E-state index < -0.39 is 6.36 Å². The summed E-state index contributed by atoms with van der Waals surface area (Å²) in [6.07, 6.45) is -3.56. The first kappa shape index (κ1) is 23.7. The molecule has 1 aromatic carbocycles. The van der Waals surface area contributed by atoms with Gasteiger partial charge in [0.15, 0.2) is 0 Å². The SMILES string of the molecule is O=C(N1CCSCC1)N1CC(c2ccc(OC(F)(F)F)cc2)CC(c2cc(CCO)[nH]n2)C1. The summed E-state index contributed by atoms with van der Waals surface area (Å²) in [4.78, 5) is 17.0. The number of aliphatic hydroxyl groups excluding tert-OH is 1. The molecular weight excluding hydrogens is 457 g/mol. The standard InChI is InChI=1S/C22H27F3N4O3S/c23-22(24,25)32-19-3-1-15(2-4-19)16-11-17(20-12-18(5-8-30)26-27-20)14-29(13-16)21(31)28-6-9-33-10-7-28/h1-4,12,16-17,30H,5-11,13-14H2,(H,26,27). The second-order valence-electron chi connectivity index (χ2n) is 8.33. The Morgan fingerprint density at radius 2 is 1.85 bits per heavy atom. The zero-order valence-electron chi connectivity index (χ0n) is 18.1. The lowest BCUT2D eigenvalue weighted by atomic mass is 9.83. The average molecular weight is 485 g/mol. The minimum atomic E-state index is -4.74. The monoisotopic (exact) mass is 484 g/mol. The maximum absolute atomic E-state index is 13.3. The smallest absolute Gasteiger partial charge is 0.406 e. The van der Waals surface area contributed by atoms with Crippen LogP contribution < -0.4 is 4.74 Å². The number of carbonyl (C=O) groups excluding carboxylic acids is 1. The highest BCUT2D eigenvalue weighted by molar-refractivity contribution is 7.99. The second kappa shape index (κ2) is 10.3. The minimum Gasteiger partial charge on any atom is -0.406 e. The number of aliphatic hydroxyl groups is 1. The van der Waals surface area contributed by atoms with Crippen molar-refractivity contribution in [3.05, 3.63) is 47.3 Å². The molecule has 2 unspecified atom stereocenters. The number of alkyl halides is 3. The molecule has 2 aliphatic heterocycles. The van der Waals surface area contributed by atoms with Crippen LogP contribution in [-0.2, 0) is 6.42 Å². The first-order chi connectivity index (χ1) is 15.8. The highest BCUT2D eigenvalue weighted by Gasteiger charge is 2.35. The van der Waals surface area contributed by atoms with Gasteiger partial charge < -0.3 is 19.6 Å². The quantitative estimate of drug-likeness (QED) is 0.678. The third kappa shape index (κ3) is 6.14. The van der Waals surface area contributed by atoms with Gasteiger partial charge in [0.05, 0.1) is 5.69 Å². The molecule has 33 heavy (non-hydrogen) atoms. The Morgan fingerprint density at radius 1 is 1.15 bits per heavy atom. The number of amides is 2. The molecule has 0 spiro atoms. The van der Waals surface area contributed by atoms with Gasteiger partial charge in [0.2, 0.25) is 0 Å². The number of likely N-dealkylation sites (tertiary alicyclic amines) is 1. The summed E-state index contributed by atoms with van der Waals surface area (Å²) in [7, 11) is 0. The van der Waals surface area contributed by atoms with Gasteiger partial charge >= 0.3 is 12.4 Å². The molecule has 2 fully saturated rings. The van der Waals surface area contributed by atoms with Crippen LogP contribution in [0.5, 0.6) is 5.75 Å². The number of H-pyrrole nitrogens is 1. The van der Waals surface area contributed by atoms with Crippen molar-refractivity contribution >= 4 is 17.8 Å². The van der Waals surface area contributed by atoms with Crippen molar-refractivity contribution in [3.63, 3.8) is 0 Å². The van der Waals surface area contributed by atoms with Crippen LogP contribution >= 0.6 is 11.8 Å². The predicted molar refractivity (Wildman–Crippen MR) is 118 cm³/mol. The third-order valence-corrected chi connectivity index (χ3v) is 6.98. The number of benzene rings is 1. The van der Waals surface area contributed by atoms with Crippen molar-refractivity contribution in [2.24, 2.45) is 0 Å². The van der Waals surface area contributed by atoms with Gasteiger partial charge in [-0.1, -0.05) is 12.1 Å². The molecule has 0 saturated carbocycles. The molecule has 0 bridgehead atoms. The number of hydrogen-bond donors (Lipinski definition) is 2. The summed E-state index contributed by atoms with van der Waals surface area (Å²) < 4.78 is 41.5. The van der Waals surface area contributed by atoms with Crippen molar-refractivity contribution in [1.82, 2.24) is 20.0 Å². The maximum atomic E-state index is 13.3. The number of thioether (sulfide) groups is 1. The Balaban J connectivity index is 1.55. The zero-order chi connectivity index (χ0) is 23.4. The van der Waals surface area contributed by atoms with Crippen LogP contribution in [0.1, 0.15) is 35.2 Å². The van der Waals surface area contributed by atoms with E-state index in [9.17, 15) is 23.1 Å². The van der Waals surface area contributed by atoms with E-state index in [4.69, 9.17) is 0 Å². The largest absolute Gasteiger partial charge is 0.573 e. The van der Waals surface area contributed by atoms with Gasteiger partial charge in [-0.25, -0.2) is 4.79 Å². The van der Waals surface area contributed by atoms with Crippen LogP contribution in [0, 0.1) is 0 Å². The fourth-order valence-electron chi connectivity index (χ4n) is 4.44. The highest BCUT2D eigenvalue weighted by Crippen LogP contribution is 2.37. The topological polar surface area (TPSA) is 81.7 Å². The second-order valence-corrected chi connectivity index (χ2v) is 9.55. The van der Waals surface area contributed by atoms with Gasteiger partial charge in [-0.15, -0.1) is 13.2 Å². The minimum absolute atomic E-state index is 0.00635. The number of urea groups is 1. The van der Waals surface area contributed by atoms with Crippen LogP contribution in [0.3, 0.4) is 0 Å². The summed E-state index contributed by atoms with van der Waals surface area (Å²) >= 11 is 1.83. The number of aromatic amines is 1. The van der Waals surface area contributed by atoms with E-state index in [1.165, 1.54) is 12.1 Å². The molecule has 7 nitrogen and oxygen atoms in total. The molecule has 2 amide bonds. The number of hydrogen-bond acceptors (Lipinski definition) is 5. The molecule has 0 radical (unpaired) electrons. The first-order valence-corrected chi connectivity index (χ1v) is 12.1. The highest BCUT2D eigenvalue weighted by atomic mass is 32.2. The number of aromatic nitrogens is 2. The number of halogens is 3. The normalized spacial score (nSPS) is 21.8. The van der Waals surface area contributed by atoms with Gasteiger partial charge in [-0.3, -0.25) is 5.10 Å². The molecule has 2 aromatic rings. The van der Waals surface area contributed by atoms with E-state index in [1.54, 1.807) is 12.1 Å². The third-order valence-electron chi connectivity index (χ3n) is 6.04. The molecule has 11 heteroatoms. The van der Waals surface area contributed by atoms with Crippen LogP contribution in [0.4, 0.5) is 18.0 Å². The number of ether oxygens (including phenoxy) is 1. The van der Waals surface area contributed by atoms with Crippen molar-refractivity contribution in [3.8, 4) is 5.75 Å². The Bertz CT molecular complexity index is 932. The molecule has 0 aliphatic carbocycles. The lowest BCUT2D eigenvalue weighted by molar-refractivity contribution is -0.274. The fourth-order valence-corrected chi connectivity index (χ4v) is 5.35. The number of nitrogens with zero attached hydrogens (tertiary/aromatic N) is 3. The number of carbonyl (C=O) groups is 1. The van der Waals surface area contributed by atoms with Crippen molar-refractivity contribution < 1.29 is 27.8 Å². The van der Waals surface area contributed by atoms with E-state index in [1.807, 2.05) is 27.6 Å². The zero-order valence-corrected chi connectivity index (χ0v) is 18.9. The molecule has 2 atom stereocenters. The molecule has 2 saturated heterocycles. The van der Waals surface area contributed by atoms with Gasteiger partial charge in [-0.05, 0) is 30.2 Å². The molecule has 2 N–H and O–H groups in total. The van der Waals surface area contributed by atoms with E-state index in [0.717, 1.165) is 28.5 Å². The van der Waals surface area contributed by atoms with Crippen LogP contribution in [0.2, 0.25) is 0 Å². The first-order valence-electron chi connectivity index (χ1n) is 10.9. The van der Waals surface area contributed by atoms with Crippen LogP contribution in [0.25, 0.3) is 0 Å². The Kier molecular flexibility index (Phi) is 7.38. The van der Waals surface area contributed by atoms with E-state index >= 15 is 0 Å². The van der Waals surface area contributed by atoms with Gasteiger partial charge in [0.25, 0.3) is 0 Å². The fraction of sp³-hybridized carbons (Fsp3) is 0.545. The summed E-state index contributed by atoms with van der Waals surface area (Å²) in [6.45, 7) is 2.45. The van der Waals surface area contributed by atoms with Crippen LogP contribution in [0.15, 0.2) is 30.3 Å². The maximum Gasteiger partial charge on any atom is 0.573 e. The van der Waals surface area contributed by atoms with E-state index in [-0.39, 0.29) is 30.2 Å². The van der Waals surface area contributed by atoms with E-state index in [0.29, 0.717) is 39.0 Å². The summed E-state index contributed by atoms with van der Waals surface area (Å²) in [5, 5.41) is 16.6. The Labute approximate surface area is 194 Å². The van der Waals surface area contributed by atoms with E-state index in [2.05, 4.69) is 14.9 Å². The summed E-state index contributed by atoms with van der Waals surface area (Å²) in [5.74, 6) is 1.48. The molecule has 1 aromatic heterocycles.